The first-order valence-electron chi connectivity index (χ1n) is 4.59. The number of phenolic OH excluding ortho intramolecular Hbond substituents is 1. The smallest absolute Gasteiger partial charge is 0.303 e. The van der Waals surface area contributed by atoms with Gasteiger partial charge in [0.1, 0.15) is 17.1 Å². The molecule has 0 fully saturated rings. The van der Waals surface area contributed by atoms with E-state index in [0.717, 1.165) is 0 Å². The van der Waals surface area contributed by atoms with Gasteiger partial charge in [-0.15, -0.1) is 0 Å². The molecule has 2 rings (SSSR count). The number of hydrogen-bond donors (Lipinski definition) is 2. The van der Waals surface area contributed by atoms with Gasteiger partial charge in [-0.25, -0.2) is 0 Å². The van der Waals surface area contributed by atoms with Gasteiger partial charge in [0.15, 0.2) is 0 Å². The van der Waals surface area contributed by atoms with Crippen LogP contribution in [0.25, 0.3) is 11.0 Å². The van der Waals surface area contributed by atoms with Gasteiger partial charge in [0.25, 0.3) is 0 Å². The number of fused-ring (bicyclic) bond motifs is 1. The van der Waals surface area contributed by atoms with Crippen LogP contribution in [-0.4, -0.2) is 16.2 Å². The van der Waals surface area contributed by atoms with E-state index in [4.69, 9.17) is 9.52 Å². The van der Waals surface area contributed by atoms with E-state index < -0.39 is 5.97 Å². The number of furan rings is 1. The monoisotopic (exact) mass is 206 g/mol. The summed E-state index contributed by atoms with van der Waals surface area (Å²) in [6.45, 7) is 0. The molecule has 0 amide bonds. The Balaban J connectivity index is 2.31. The molecule has 0 aliphatic carbocycles. The lowest BCUT2D eigenvalue weighted by molar-refractivity contribution is -0.137. The van der Waals surface area contributed by atoms with Gasteiger partial charge >= 0.3 is 5.97 Å². The molecule has 0 unspecified atom stereocenters. The summed E-state index contributed by atoms with van der Waals surface area (Å²) in [6.07, 6.45) is 0.365. The second-order valence-corrected chi connectivity index (χ2v) is 3.30. The zero-order chi connectivity index (χ0) is 10.8. The third kappa shape index (κ3) is 1.93. The number of hydrogen-bond acceptors (Lipinski definition) is 3. The van der Waals surface area contributed by atoms with Crippen molar-refractivity contribution in [2.75, 3.05) is 0 Å². The molecule has 0 spiro atoms. The summed E-state index contributed by atoms with van der Waals surface area (Å²) in [4.78, 5) is 10.4. The van der Waals surface area contributed by atoms with E-state index in [0.29, 0.717) is 23.2 Å². The number of aliphatic carboxylic acids is 1. The van der Waals surface area contributed by atoms with Crippen molar-refractivity contribution in [3.63, 3.8) is 0 Å². The van der Waals surface area contributed by atoms with Crippen molar-refractivity contribution in [2.24, 2.45) is 0 Å². The Bertz CT molecular complexity index is 498. The standard InChI is InChI=1S/C11H10O4/c12-9-2-1-3-10-8(9)6-7(15-10)4-5-11(13)14/h1-3,6,12H,4-5H2,(H,13,14). The van der Waals surface area contributed by atoms with E-state index in [1.54, 1.807) is 24.3 Å². The van der Waals surface area contributed by atoms with Crippen molar-refractivity contribution < 1.29 is 19.4 Å². The number of phenols is 1. The Morgan fingerprint density at radius 2 is 2.20 bits per heavy atom. The van der Waals surface area contributed by atoms with E-state index in [1.807, 2.05) is 0 Å². The third-order valence-electron chi connectivity index (χ3n) is 2.17. The summed E-state index contributed by atoms with van der Waals surface area (Å²) in [5, 5.41) is 18.6. The number of aromatic hydroxyl groups is 1. The molecule has 78 valence electrons. The molecule has 2 N–H and O–H groups in total. The Kier molecular flexibility index (Phi) is 2.33. The van der Waals surface area contributed by atoms with Crippen molar-refractivity contribution in [1.29, 1.82) is 0 Å². The predicted molar refractivity (Wildman–Crippen MR) is 53.8 cm³/mol. The van der Waals surface area contributed by atoms with Crippen molar-refractivity contribution in [3.05, 3.63) is 30.0 Å². The average Bonchev–Trinajstić information content (AvgIpc) is 2.59. The molecule has 1 aromatic heterocycles. The van der Waals surface area contributed by atoms with Crippen LogP contribution < -0.4 is 0 Å². The van der Waals surface area contributed by atoms with Crippen molar-refractivity contribution in [3.8, 4) is 5.75 Å². The first kappa shape index (κ1) is 9.58. The van der Waals surface area contributed by atoms with Gasteiger partial charge in [-0.3, -0.25) is 4.79 Å². The van der Waals surface area contributed by atoms with E-state index >= 15 is 0 Å². The molecule has 0 atom stereocenters. The van der Waals surface area contributed by atoms with Crippen LogP contribution >= 0.6 is 0 Å². The van der Waals surface area contributed by atoms with Crippen LogP contribution in [0.3, 0.4) is 0 Å². The fraction of sp³-hybridized carbons (Fsp3) is 0.182. The fourth-order valence-corrected chi connectivity index (χ4v) is 1.45. The molecule has 15 heavy (non-hydrogen) atoms. The molecular weight excluding hydrogens is 196 g/mol. The van der Waals surface area contributed by atoms with Crippen LogP contribution in [0.15, 0.2) is 28.7 Å². The van der Waals surface area contributed by atoms with E-state index in [1.165, 1.54) is 0 Å². The zero-order valence-electron chi connectivity index (χ0n) is 7.93. The number of carbonyl (C=O) groups is 1. The molecular formula is C11H10O4. The van der Waals surface area contributed by atoms with Crippen molar-refractivity contribution in [1.82, 2.24) is 0 Å². The lowest BCUT2D eigenvalue weighted by Crippen LogP contribution is -1.95. The lowest BCUT2D eigenvalue weighted by atomic mass is 10.2. The normalized spacial score (nSPS) is 10.7. The molecule has 4 nitrogen and oxygen atoms in total. The van der Waals surface area contributed by atoms with Crippen molar-refractivity contribution >= 4 is 16.9 Å². The fourth-order valence-electron chi connectivity index (χ4n) is 1.45. The van der Waals surface area contributed by atoms with Crippen LogP contribution in [0.4, 0.5) is 0 Å². The maximum Gasteiger partial charge on any atom is 0.303 e. The first-order valence-corrected chi connectivity index (χ1v) is 4.59. The third-order valence-corrected chi connectivity index (χ3v) is 2.17. The summed E-state index contributed by atoms with van der Waals surface area (Å²) in [5.74, 6) is -0.133. The lowest BCUT2D eigenvalue weighted by Gasteiger charge is -1.90. The summed E-state index contributed by atoms with van der Waals surface area (Å²) >= 11 is 0. The van der Waals surface area contributed by atoms with Gasteiger partial charge in [0.2, 0.25) is 0 Å². The van der Waals surface area contributed by atoms with Crippen LogP contribution in [0, 0.1) is 0 Å². The minimum atomic E-state index is -0.861. The summed E-state index contributed by atoms with van der Waals surface area (Å²) in [6, 6.07) is 6.66. The first-order chi connectivity index (χ1) is 7.16. The topological polar surface area (TPSA) is 70.7 Å². The minimum Gasteiger partial charge on any atom is -0.507 e. The van der Waals surface area contributed by atoms with Crippen LogP contribution in [0.1, 0.15) is 12.2 Å². The molecule has 1 heterocycles. The zero-order valence-corrected chi connectivity index (χ0v) is 7.93. The van der Waals surface area contributed by atoms with E-state index in [2.05, 4.69) is 0 Å². The Morgan fingerprint density at radius 1 is 1.40 bits per heavy atom. The number of carboxylic acids is 1. The molecule has 0 saturated carbocycles. The quantitative estimate of drug-likeness (QED) is 0.807. The van der Waals surface area contributed by atoms with Gasteiger partial charge in [-0.2, -0.15) is 0 Å². The van der Waals surface area contributed by atoms with Crippen LogP contribution in [0.2, 0.25) is 0 Å². The number of aryl methyl sites for hydroxylation is 1. The Labute approximate surface area is 85.8 Å². The van der Waals surface area contributed by atoms with Gasteiger partial charge in [-0.1, -0.05) is 6.07 Å². The van der Waals surface area contributed by atoms with Crippen LogP contribution in [-0.2, 0) is 11.2 Å². The Hall–Kier alpha value is -1.97. The maximum absolute atomic E-state index is 10.4. The second kappa shape index (κ2) is 3.65. The molecule has 0 aliphatic heterocycles. The SMILES string of the molecule is O=C(O)CCc1cc2c(O)cccc2o1. The maximum atomic E-state index is 10.4. The molecule has 1 aromatic carbocycles. The van der Waals surface area contributed by atoms with Gasteiger partial charge < -0.3 is 14.6 Å². The van der Waals surface area contributed by atoms with Gasteiger partial charge in [0.05, 0.1) is 11.8 Å². The predicted octanol–water partition coefficient (Wildman–Crippen LogP) is 2.16. The average molecular weight is 206 g/mol. The van der Waals surface area contributed by atoms with Crippen molar-refractivity contribution in [2.45, 2.75) is 12.8 Å². The molecule has 0 radical (unpaired) electrons. The number of benzene rings is 1. The molecule has 0 bridgehead atoms. The van der Waals surface area contributed by atoms with Gasteiger partial charge in [-0.05, 0) is 18.2 Å². The summed E-state index contributed by atoms with van der Waals surface area (Å²) in [5.41, 5.74) is 0.579. The summed E-state index contributed by atoms with van der Waals surface area (Å²) < 4.78 is 5.38. The van der Waals surface area contributed by atoms with Gasteiger partial charge in [0, 0.05) is 6.42 Å². The second-order valence-electron chi connectivity index (χ2n) is 3.30. The molecule has 4 heteroatoms. The molecule has 0 aliphatic rings. The highest BCUT2D eigenvalue weighted by Gasteiger charge is 2.08. The highest BCUT2D eigenvalue weighted by atomic mass is 16.4. The molecule has 0 saturated heterocycles. The number of rotatable bonds is 3. The minimum absolute atomic E-state index is 0.0284. The largest absolute Gasteiger partial charge is 0.507 e. The van der Waals surface area contributed by atoms with Crippen LogP contribution in [0.5, 0.6) is 5.75 Å². The van der Waals surface area contributed by atoms with E-state index in [9.17, 15) is 9.90 Å². The molecule has 2 aromatic rings. The van der Waals surface area contributed by atoms with E-state index in [-0.39, 0.29) is 12.2 Å². The highest BCUT2D eigenvalue weighted by Crippen LogP contribution is 2.27. The highest BCUT2D eigenvalue weighted by molar-refractivity contribution is 5.84. The Morgan fingerprint density at radius 3 is 2.87 bits per heavy atom. The number of carboxylic acid groups (broad SMARTS) is 1. The summed E-state index contributed by atoms with van der Waals surface area (Å²) in [7, 11) is 0.